The Kier molecular flexibility index (Phi) is 4.91. The van der Waals surface area contributed by atoms with E-state index in [1.54, 1.807) is 12.5 Å². The topological polar surface area (TPSA) is 51.2 Å². The van der Waals surface area contributed by atoms with Crippen molar-refractivity contribution in [1.29, 1.82) is 0 Å². The Balaban J connectivity index is 1.71. The van der Waals surface area contributed by atoms with E-state index in [-0.39, 0.29) is 11.9 Å². The van der Waals surface area contributed by atoms with Crippen molar-refractivity contribution >= 4 is 17.2 Å². The van der Waals surface area contributed by atoms with Crippen molar-refractivity contribution in [3.8, 4) is 16.3 Å². The van der Waals surface area contributed by atoms with Gasteiger partial charge in [0.1, 0.15) is 16.5 Å². The molecule has 24 heavy (non-hydrogen) atoms. The number of carbonyl (C=O) groups excluding carboxylic acids is 1. The Morgan fingerprint density at radius 3 is 2.50 bits per heavy atom. The fourth-order valence-electron chi connectivity index (χ4n) is 2.34. The fraction of sp³-hybridized carbons (Fsp3) is 0.158. The highest BCUT2D eigenvalue weighted by molar-refractivity contribution is 7.13. The van der Waals surface area contributed by atoms with Crippen LogP contribution in [-0.2, 0) is 0 Å². The molecule has 0 aliphatic rings. The molecule has 4 nitrogen and oxygen atoms in total. The van der Waals surface area contributed by atoms with Gasteiger partial charge in [0.15, 0.2) is 0 Å². The van der Waals surface area contributed by atoms with E-state index in [0.717, 1.165) is 21.9 Å². The number of thiazole rings is 1. The molecule has 0 saturated carbocycles. The monoisotopic (exact) mass is 338 g/mol. The Bertz CT molecular complexity index is 813. The van der Waals surface area contributed by atoms with Crippen LogP contribution in [0.2, 0.25) is 0 Å². The molecular formula is C19H18N2O2S. The van der Waals surface area contributed by atoms with Crippen LogP contribution >= 0.6 is 11.3 Å². The molecule has 1 amide bonds. The van der Waals surface area contributed by atoms with Gasteiger partial charge in [-0.15, -0.1) is 11.3 Å². The highest BCUT2D eigenvalue weighted by Crippen LogP contribution is 2.26. The third kappa shape index (κ3) is 3.63. The van der Waals surface area contributed by atoms with Crippen LogP contribution in [0, 0.1) is 0 Å². The van der Waals surface area contributed by atoms with Crippen LogP contribution in [0.3, 0.4) is 0 Å². The molecule has 1 atom stereocenters. The average Bonchev–Trinajstić information content (AvgIpc) is 3.13. The minimum atomic E-state index is -0.164. The van der Waals surface area contributed by atoms with Gasteiger partial charge in [-0.05, 0) is 36.8 Å². The Morgan fingerprint density at radius 1 is 1.12 bits per heavy atom. The number of methoxy groups -OCH3 is 1. The van der Waals surface area contributed by atoms with E-state index in [0.29, 0.717) is 5.69 Å². The van der Waals surface area contributed by atoms with Gasteiger partial charge in [-0.1, -0.05) is 30.3 Å². The number of benzene rings is 2. The van der Waals surface area contributed by atoms with Gasteiger partial charge in [-0.3, -0.25) is 4.79 Å². The molecule has 0 aliphatic heterocycles. The lowest BCUT2D eigenvalue weighted by Crippen LogP contribution is -2.26. The molecule has 0 saturated heterocycles. The van der Waals surface area contributed by atoms with Gasteiger partial charge in [0, 0.05) is 10.9 Å². The molecule has 0 spiro atoms. The van der Waals surface area contributed by atoms with Gasteiger partial charge in [-0.2, -0.15) is 0 Å². The molecule has 0 aliphatic carbocycles. The zero-order chi connectivity index (χ0) is 16.9. The summed E-state index contributed by atoms with van der Waals surface area (Å²) in [6.07, 6.45) is 0. The second kappa shape index (κ2) is 7.27. The number of carbonyl (C=O) groups is 1. The first kappa shape index (κ1) is 16.2. The van der Waals surface area contributed by atoms with Crippen molar-refractivity contribution in [2.45, 2.75) is 13.0 Å². The summed E-state index contributed by atoms with van der Waals surface area (Å²) in [7, 11) is 1.63. The van der Waals surface area contributed by atoms with E-state index >= 15 is 0 Å². The number of ether oxygens (including phenoxy) is 1. The molecule has 0 fully saturated rings. The van der Waals surface area contributed by atoms with Crippen molar-refractivity contribution in [3.63, 3.8) is 0 Å². The van der Waals surface area contributed by atoms with Crippen molar-refractivity contribution in [1.82, 2.24) is 10.3 Å². The van der Waals surface area contributed by atoms with Crippen LogP contribution in [0.25, 0.3) is 10.6 Å². The van der Waals surface area contributed by atoms with Crippen LogP contribution in [-0.4, -0.2) is 18.0 Å². The summed E-state index contributed by atoms with van der Waals surface area (Å²) >= 11 is 1.45. The smallest absolute Gasteiger partial charge is 0.271 e. The molecular weight excluding hydrogens is 320 g/mol. The van der Waals surface area contributed by atoms with Gasteiger partial charge in [0.25, 0.3) is 5.91 Å². The molecule has 0 unspecified atom stereocenters. The predicted molar refractivity (Wildman–Crippen MR) is 96.4 cm³/mol. The Labute approximate surface area is 145 Å². The third-order valence-electron chi connectivity index (χ3n) is 3.72. The molecule has 3 rings (SSSR count). The first-order chi connectivity index (χ1) is 11.7. The van der Waals surface area contributed by atoms with Crippen LogP contribution < -0.4 is 10.1 Å². The lowest BCUT2D eigenvalue weighted by atomic mass is 10.1. The van der Waals surface area contributed by atoms with Gasteiger partial charge < -0.3 is 10.1 Å². The fourth-order valence-corrected chi connectivity index (χ4v) is 3.15. The second-order valence-electron chi connectivity index (χ2n) is 5.37. The lowest BCUT2D eigenvalue weighted by molar-refractivity contribution is 0.0935. The maximum atomic E-state index is 12.4. The number of amides is 1. The van der Waals surface area contributed by atoms with Crippen LogP contribution in [0.15, 0.2) is 60.0 Å². The number of hydrogen-bond acceptors (Lipinski definition) is 4. The molecule has 2 aromatic carbocycles. The van der Waals surface area contributed by atoms with E-state index in [1.165, 1.54) is 11.3 Å². The maximum absolute atomic E-state index is 12.4. The molecule has 5 heteroatoms. The van der Waals surface area contributed by atoms with Crippen molar-refractivity contribution < 1.29 is 9.53 Å². The summed E-state index contributed by atoms with van der Waals surface area (Å²) in [6.45, 7) is 1.96. The number of hydrogen-bond donors (Lipinski definition) is 1. The molecule has 1 aromatic heterocycles. The minimum absolute atomic E-state index is 0.0650. The number of rotatable bonds is 5. The first-order valence-electron chi connectivity index (χ1n) is 7.63. The summed E-state index contributed by atoms with van der Waals surface area (Å²) in [5, 5.41) is 5.58. The van der Waals surface area contributed by atoms with Crippen LogP contribution in [0.5, 0.6) is 5.75 Å². The van der Waals surface area contributed by atoms with E-state index in [4.69, 9.17) is 4.74 Å². The van der Waals surface area contributed by atoms with Gasteiger partial charge in [-0.25, -0.2) is 4.98 Å². The summed E-state index contributed by atoms with van der Waals surface area (Å²) in [4.78, 5) is 16.8. The second-order valence-corrected chi connectivity index (χ2v) is 6.23. The van der Waals surface area contributed by atoms with Gasteiger partial charge in [0.05, 0.1) is 13.2 Å². The van der Waals surface area contributed by atoms with Crippen molar-refractivity contribution in [2.24, 2.45) is 0 Å². The molecule has 0 radical (unpaired) electrons. The summed E-state index contributed by atoms with van der Waals surface area (Å²) in [5.74, 6) is 0.632. The minimum Gasteiger partial charge on any atom is -0.497 e. The highest BCUT2D eigenvalue weighted by atomic mass is 32.1. The summed E-state index contributed by atoms with van der Waals surface area (Å²) in [6, 6.07) is 17.4. The molecule has 122 valence electrons. The van der Waals surface area contributed by atoms with E-state index in [9.17, 15) is 4.79 Å². The SMILES string of the molecule is COc1ccc(-c2nc(C(=O)N[C@H](C)c3ccccc3)cs2)cc1. The van der Waals surface area contributed by atoms with Crippen LogP contribution in [0.1, 0.15) is 29.0 Å². The summed E-state index contributed by atoms with van der Waals surface area (Å²) in [5.41, 5.74) is 2.47. The lowest BCUT2D eigenvalue weighted by Gasteiger charge is -2.13. The largest absolute Gasteiger partial charge is 0.497 e. The van der Waals surface area contributed by atoms with Gasteiger partial charge >= 0.3 is 0 Å². The van der Waals surface area contributed by atoms with Crippen molar-refractivity contribution in [2.75, 3.05) is 7.11 Å². The Hall–Kier alpha value is -2.66. The zero-order valence-corrected chi connectivity index (χ0v) is 14.3. The van der Waals surface area contributed by atoms with E-state index in [1.807, 2.05) is 61.5 Å². The standard InChI is InChI=1S/C19H18N2O2S/c1-13(14-6-4-3-5-7-14)20-18(22)17-12-24-19(21-17)15-8-10-16(23-2)11-9-15/h3-13H,1-2H3,(H,20,22)/t13-/m1/s1. The number of aromatic nitrogens is 1. The third-order valence-corrected chi connectivity index (χ3v) is 4.61. The normalized spacial score (nSPS) is 11.8. The number of nitrogens with zero attached hydrogens (tertiary/aromatic N) is 1. The zero-order valence-electron chi connectivity index (χ0n) is 13.5. The Morgan fingerprint density at radius 2 is 1.83 bits per heavy atom. The van der Waals surface area contributed by atoms with Crippen LogP contribution in [0.4, 0.5) is 0 Å². The molecule has 1 N–H and O–H groups in total. The van der Waals surface area contributed by atoms with E-state index < -0.39 is 0 Å². The average molecular weight is 338 g/mol. The van der Waals surface area contributed by atoms with E-state index in [2.05, 4.69) is 10.3 Å². The summed E-state index contributed by atoms with van der Waals surface area (Å²) < 4.78 is 5.15. The molecule has 1 heterocycles. The maximum Gasteiger partial charge on any atom is 0.271 e. The first-order valence-corrected chi connectivity index (χ1v) is 8.51. The van der Waals surface area contributed by atoms with Crippen molar-refractivity contribution in [3.05, 3.63) is 71.2 Å². The molecule has 0 bridgehead atoms. The predicted octanol–water partition coefficient (Wildman–Crippen LogP) is 4.31. The van der Waals surface area contributed by atoms with Gasteiger partial charge in [0.2, 0.25) is 0 Å². The highest BCUT2D eigenvalue weighted by Gasteiger charge is 2.15. The number of nitrogens with one attached hydrogen (secondary N) is 1. The quantitative estimate of drug-likeness (QED) is 0.754. The molecule has 3 aromatic rings.